The van der Waals surface area contributed by atoms with Crippen LogP contribution in [0.1, 0.15) is 41.6 Å². The van der Waals surface area contributed by atoms with Gasteiger partial charge in [-0.05, 0) is 80.5 Å². The molecule has 4 aromatic rings. The van der Waals surface area contributed by atoms with Crippen molar-refractivity contribution in [3.8, 4) is 0 Å². The number of aryl methyl sites for hydroxylation is 4. The summed E-state index contributed by atoms with van der Waals surface area (Å²) in [6.45, 7) is 4.25. The Hall–Kier alpha value is -2.99. The number of fused-ring (bicyclic) bond motifs is 4. The molecule has 154 valence electrons. The van der Waals surface area contributed by atoms with Gasteiger partial charge in [0.05, 0.1) is 10.9 Å². The van der Waals surface area contributed by atoms with Gasteiger partial charge in [0, 0.05) is 36.6 Å². The summed E-state index contributed by atoms with van der Waals surface area (Å²) in [6, 6.07) is 8.55. The minimum Gasteiger partial charge on any atom is -0.313 e. The highest BCUT2D eigenvalue weighted by molar-refractivity contribution is 6.04. The van der Waals surface area contributed by atoms with Gasteiger partial charge in [0.2, 0.25) is 0 Å². The molecule has 0 fully saturated rings. The van der Waals surface area contributed by atoms with Crippen molar-refractivity contribution in [3.05, 3.63) is 69.4 Å². The SMILES string of the molecule is Cc1[nH]nc2c1c(=O)n(CCCNCc1cccnc1)c1cc3c(cc21)CCCC3. The molecule has 0 saturated heterocycles. The lowest BCUT2D eigenvalue weighted by Crippen LogP contribution is -2.24. The van der Waals surface area contributed by atoms with E-state index in [0.29, 0.717) is 6.54 Å². The van der Waals surface area contributed by atoms with Gasteiger partial charge in [0.1, 0.15) is 5.52 Å². The Morgan fingerprint density at radius 2 is 2.03 bits per heavy atom. The van der Waals surface area contributed by atoms with E-state index in [1.54, 1.807) is 6.20 Å². The Balaban J connectivity index is 1.46. The predicted octanol–water partition coefficient (Wildman–Crippen LogP) is 3.64. The highest BCUT2D eigenvalue weighted by Gasteiger charge is 2.18. The normalized spacial score (nSPS) is 13.8. The minimum absolute atomic E-state index is 0.0618. The highest BCUT2D eigenvalue weighted by atomic mass is 16.1. The first-order valence-electron chi connectivity index (χ1n) is 10.8. The summed E-state index contributed by atoms with van der Waals surface area (Å²) in [5.41, 5.74) is 6.72. The maximum absolute atomic E-state index is 13.4. The molecule has 0 amide bonds. The first kappa shape index (κ1) is 19.0. The van der Waals surface area contributed by atoms with E-state index in [-0.39, 0.29) is 5.56 Å². The minimum atomic E-state index is 0.0618. The van der Waals surface area contributed by atoms with Crippen molar-refractivity contribution in [3.63, 3.8) is 0 Å². The highest BCUT2D eigenvalue weighted by Crippen LogP contribution is 2.30. The fourth-order valence-electron chi connectivity index (χ4n) is 4.64. The number of benzene rings is 1. The van der Waals surface area contributed by atoms with Crippen molar-refractivity contribution in [1.29, 1.82) is 0 Å². The van der Waals surface area contributed by atoms with Crippen LogP contribution in [0.2, 0.25) is 0 Å². The molecular weight excluding hydrogens is 374 g/mol. The van der Waals surface area contributed by atoms with Crippen LogP contribution in [0, 0.1) is 6.92 Å². The van der Waals surface area contributed by atoms with E-state index in [1.807, 2.05) is 23.8 Å². The lowest BCUT2D eigenvalue weighted by Gasteiger charge is -2.19. The molecule has 2 N–H and O–H groups in total. The van der Waals surface area contributed by atoms with Crippen LogP contribution in [0.4, 0.5) is 0 Å². The summed E-state index contributed by atoms with van der Waals surface area (Å²) in [4.78, 5) is 17.5. The monoisotopic (exact) mass is 401 g/mol. The number of hydrogen-bond acceptors (Lipinski definition) is 4. The summed E-state index contributed by atoms with van der Waals surface area (Å²) in [5.74, 6) is 0. The summed E-state index contributed by atoms with van der Waals surface area (Å²) in [5, 5.41) is 12.8. The lowest BCUT2D eigenvalue weighted by atomic mass is 9.90. The molecule has 3 heterocycles. The Morgan fingerprint density at radius 1 is 1.20 bits per heavy atom. The van der Waals surface area contributed by atoms with Gasteiger partial charge in [-0.1, -0.05) is 6.07 Å². The molecule has 1 aliphatic rings. The van der Waals surface area contributed by atoms with E-state index in [0.717, 1.165) is 59.9 Å². The van der Waals surface area contributed by atoms with Gasteiger partial charge in [-0.25, -0.2) is 0 Å². The van der Waals surface area contributed by atoms with Crippen LogP contribution in [-0.2, 0) is 25.9 Å². The van der Waals surface area contributed by atoms with E-state index >= 15 is 0 Å². The zero-order chi connectivity index (χ0) is 20.5. The molecule has 0 saturated carbocycles. The quantitative estimate of drug-likeness (QED) is 0.484. The number of nitrogens with zero attached hydrogens (tertiary/aromatic N) is 3. The van der Waals surface area contributed by atoms with Crippen LogP contribution < -0.4 is 10.9 Å². The van der Waals surface area contributed by atoms with Crippen molar-refractivity contribution in [2.45, 2.75) is 52.1 Å². The average Bonchev–Trinajstić information content (AvgIpc) is 3.17. The third kappa shape index (κ3) is 3.41. The molecule has 0 aliphatic heterocycles. The standard InChI is InChI=1S/C24H27N5O/c1-16-22-23(28-27-16)20-12-18-7-2-3-8-19(18)13-21(20)29(24(22)30)11-5-10-26-15-17-6-4-9-25-14-17/h4,6,9,12-14,26H,2-3,5,7-8,10-11,15H2,1H3,(H,27,28). The number of aromatic amines is 1. The molecule has 0 radical (unpaired) electrons. The largest absolute Gasteiger partial charge is 0.313 e. The van der Waals surface area contributed by atoms with Gasteiger partial charge in [0.15, 0.2) is 0 Å². The first-order valence-corrected chi connectivity index (χ1v) is 10.8. The van der Waals surface area contributed by atoms with E-state index in [2.05, 4.69) is 38.7 Å². The van der Waals surface area contributed by atoms with Crippen molar-refractivity contribution in [2.24, 2.45) is 0 Å². The molecule has 0 bridgehead atoms. The second kappa shape index (κ2) is 8.03. The first-order chi connectivity index (χ1) is 14.7. The molecule has 0 atom stereocenters. The van der Waals surface area contributed by atoms with Gasteiger partial charge >= 0.3 is 0 Å². The van der Waals surface area contributed by atoms with Gasteiger partial charge in [0.25, 0.3) is 5.56 Å². The number of H-pyrrole nitrogens is 1. The van der Waals surface area contributed by atoms with Crippen LogP contribution in [0.15, 0.2) is 41.5 Å². The Morgan fingerprint density at radius 3 is 2.83 bits per heavy atom. The van der Waals surface area contributed by atoms with Crippen molar-refractivity contribution >= 4 is 21.8 Å². The van der Waals surface area contributed by atoms with E-state index in [1.165, 1.54) is 29.5 Å². The molecule has 1 aromatic carbocycles. The van der Waals surface area contributed by atoms with E-state index < -0.39 is 0 Å². The predicted molar refractivity (Wildman–Crippen MR) is 120 cm³/mol. The zero-order valence-corrected chi connectivity index (χ0v) is 17.4. The van der Waals surface area contributed by atoms with Crippen molar-refractivity contribution in [2.75, 3.05) is 6.54 Å². The lowest BCUT2D eigenvalue weighted by molar-refractivity contribution is 0.582. The number of nitrogens with one attached hydrogen (secondary N) is 2. The summed E-state index contributed by atoms with van der Waals surface area (Å²) < 4.78 is 1.96. The zero-order valence-electron chi connectivity index (χ0n) is 17.4. The molecule has 6 heteroatoms. The van der Waals surface area contributed by atoms with Crippen LogP contribution in [0.3, 0.4) is 0 Å². The second-order valence-corrected chi connectivity index (χ2v) is 8.27. The second-order valence-electron chi connectivity index (χ2n) is 8.27. The third-order valence-electron chi connectivity index (χ3n) is 6.20. The van der Waals surface area contributed by atoms with E-state index in [9.17, 15) is 4.79 Å². The van der Waals surface area contributed by atoms with E-state index in [4.69, 9.17) is 0 Å². The summed E-state index contributed by atoms with van der Waals surface area (Å²) in [6.07, 6.45) is 9.23. The van der Waals surface area contributed by atoms with Gasteiger partial charge in [-0.2, -0.15) is 5.10 Å². The number of aromatic nitrogens is 4. The molecular formula is C24H27N5O. The molecule has 0 unspecified atom stereocenters. The van der Waals surface area contributed by atoms with Gasteiger partial charge in [-0.3, -0.25) is 14.9 Å². The summed E-state index contributed by atoms with van der Waals surface area (Å²) >= 11 is 0. The maximum atomic E-state index is 13.4. The van der Waals surface area contributed by atoms with Crippen LogP contribution in [-0.4, -0.2) is 26.3 Å². The van der Waals surface area contributed by atoms with Gasteiger partial charge in [-0.15, -0.1) is 0 Å². The molecule has 1 aliphatic carbocycles. The fourth-order valence-corrected chi connectivity index (χ4v) is 4.64. The Bertz CT molecular complexity index is 1260. The summed E-state index contributed by atoms with van der Waals surface area (Å²) in [7, 11) is 0. The van der Waals surface area contributed by atoms with Crippen LogP contribution >= 0.6 is 0 Å². The molecule has 6 nitrogen and oxygen atoms in total. The third-order valence-corrected chi connectivity index (χ3v) is 6.20. The van der Waals surface area contributed by atoms with Crippen LogP contribution in [0.25, 0.3) is 21.8 Å². The average molecular weight is 402 g/mol. The fraction of sp³-hybridized carbons (Fsp3) is 0.375. The molecule has 3 aromatic heterocycles. The number of pyridine rings is 2. The molecule has 5 rings (SSSR count). The van der Waals surface area contributed by atoms with Crippen molar-refractivity contribution in [1.82, 2.24) is 25.1 Å². The molecule has 0 spiro atoms. The Kier molecular flexibility index (Phi) is 5.09. The number of rotatable bonds is 6. The topological polar surface area (TPSA) is 75.6 Å². The number of hydrogen-bond donors (Lipinski definition) is 2. The Labute approximate surface area is 175 Å². The maximum Gasteiger partial charge on any atom is 0.262 e. The molecule has 30 heavy (non-hydrogen) atoms. The van der Waals surface area contributed by atoms with Gasteiger partial charge < -0.3 is 9.88 Å². The van der Waals surface area contributed by atoms with Crippen molar-refractivity contribution < 1.29 is 0 Å². The van der Waals surface area contributed by atoms with Crippen LogP contribution in [0.5, 0.6) is 0 Å². The smallest absolute Gasteiger partial charge is 0.262 e.